The third-order valence-electron chi connectivity index (χ3n) is 3.83. The van der Waals surface area contributed by atoms with Gasteiger partial charge in [-0.15, -0.1) is 0 Å². The van der Waals surface area contributed by atoms with Gasteiger partial charge in [0.25, 0.3) is 11.5 Å². The van der Waals surface area contributed by atoms with E-state index in [-0.39, 0.29) is 29.1 Å². The number of pyridine rings is 1. The Morgan fingerprint density at radius 2 is 2.04 bits per heavy atom. The van der Waals surface area contributed by atoms with Crippen LogP contribution < -0.4 is 10.9 Å². The average molecular weight is 328 g/mol. The first kappa shape index (κ1) is 17.8. The minimum absolute atomic E-state index is 0.170. The third-order valence-corrected chi connectivity index (χ3v) is 3.83. The molecule has 0 aliphatic rings. The quantitative estimate of drug-likeness (QED) is 0.884. The largest absolute Gasteiger partial charge is 0.342 e. The molecular weight excluding hydrogens is 304 g/mol. The van der Waals surface area contributed by atoms with Crippen LogP contribution in [0.1, 0.15) is 55.0 Å². The lowest BCUT2D eigenvalue weighted by atomic mass is 9.97. The summed E-state index contributed by atoms with van der Waals surface area (Å²) >= 11 is 0. The van der Waals surface area contributed by atoms with E-state index in [4.69, 9.17) is 0 Å². The molecule has 0 aliphatic heterocycles. The Labute approximate surface area is 141 Å². The van der Waals surface area contributed by atoms with Crippen molar-refractivity contribution in [1.29, 1.82) is 0 Å². The van der Waals surface area contributed by atoms with E-state index < -0.39 is 0 Å². The zero-order valence-electron chi connectivity index (χ0n) is 14.6. The summed E-state index contributed by atoms with van der Waals surface area (Å²) in [6, 6.07) is 6.48. The summed E-state index contributed by atoms with van der Waals surface area (Å²) in [6.45, 7) is 8.49. The second-order valence-corrected chi connectivity index (χ2v) is 6.18. The van der Waals surface area contributed by atoms with Crippen LogP contribution in [0.15, 0.2) is 35.3 Å². The van der Waals surface area contributed by atoms with Crippen LogP contribution in [0.3, 0.4) is 0 Å². The van der Waals surface area contributed by atoms with Crippen molar-refractivity contribution in [1.82, 2.24) is 20.1 Å². The number of carbonyl (C=O) groups is 1. The van der Waals surface area contributed by atoms with Gasteiger partial charge in [-0.25, -0.2) is 4.68 Å². The van der Waals surface area contributed by atoms with Gasteiger partial charge in [0, 0.05) is 18.8 Å². The van der Waals surface area contributed by atoms with Gasteiger partial charge in [0.1, 0.15) is 5.69 Å². The number of hydrogen-bond acceptors (Lipinski definition) is 4. The molecule has 0 spiro atoms. The fraction of sp³-hybridized carbons (Fsp3) is 0.444. The van der Waals surface area contributed by atoms with Crippen LogP contribution >= 0.6 is 0 Å². The molecule has 2 aromatic heterocycles. The van der Waals surface area contributed by atoms with Crippen molar-refractivity contribution in [3.05, 3.63) is 57.8 Å². The lowest BCUT2D eigenvalue weighted by Gasteiger charge is -2.23. The number of carbonyl (C=O) groups excluding carboxylic acids is 1. The highest BCUT2D eigenvalue weighted by atomic mass is 16.2. The predicted molar refractivity (Wildman–Crippen MR) is 92.8 cm³/mol. The lowest BCUT2D eigenvalue weighted by molar-refractivity contribution is 0.0916. The molecule has 0 fully saturated rings. The maximum atomic E-state index is 12.6. The van der Waals surface area contributed by atoms with Gasteiger partial charge in [0.2, 0.25) is 0 Å². The highest BCUT2D eigenvalue weighted by Gasteiger charge is 2.22. The van der Waals surface area contributed by atoms with Gasteiger partial charge in [-0.3, -0.25) is 14.6 Å². The van der Waals surface area contributed by atoms with Crippen LogP contribution in [-0.4, -0.2) is 20.7 Å². The van der Waals surface area contributed by atoms with Crippen LogP contribution in [0.25, 0.3) is 0 Å². The van der Waals surface area contributed by atoms with Gasteiger partial charge in [-0.1, -0.05) is 26.8 Å². The molecule has 0 radical (unpaired) electrons. The Balaban J connectivity index is 2.27. The van der Waals surface area contributed by atoms with Crippen LogP contribution in [0.2, 0.25) is 0 Å². The molecule has 0 saturated carbocycles. The van der Waals surface area contributed by atoms with Gasteiger partial charge in [-0.2, -0.15) is 5.10 Å². The number of nitrogens with one attached hydrogen (secondary N) is 1. The minimum Gasteiger partial charge on any atom is -0.342 e. The molecule has 24 heavy (non-hydrogen) atoms. The number of hydrogen-bond donors (Lipinski definition) is 1. The molecule has 0 aromatic carbocycles. The second kappa shape index (κ2) is 7.86. The molecule has 1 amide bonds. The second-order valence-electron chi connectivity index (χ2n) is 6.18. The van der Waals surface area contributed by atoms with Gasteiger partial charge in [0.05, 0.1) is 11.7 Å². The highest BCUT2D eigenvalue weighted by molar-refractivity contribution is 5.92. The first-order valence-electron chi connectivity index (χ1n) is 8.24. The van der Waals surface area contributed by atoms with E-state index in [2.05, 4.69) is 15.4 Å². The van der Waals surface area contributed by atoms with E-state index in [0.717, 1.165) is 17.7 Å². The first-order chi connectivity index (χ1) is 11.4. The van der Waals surface area contributed by atoms with E-state index in [1.54, 1.807) is 6.20 Å². The monoisotopic (exact) mass is 328 g/mol. The first-order valence-corrected chi connectivity index (χ1v) is 8.24. The predicted octanol–water partition coefficient (Wildman–Crippen LogP) is 2.48. The number of amides is 1. The Hall–Kier alpha value is -2.50. The molecule has 1 atom stereocenters. The van der Waals surface area contributed by atoms with E-state index >= 15 is 0 Å². The maximum absolute atomic E-state index is 12.6. The summed E-state index contributed by atoms with van der Waals surface area (Å²) in [5, 5.41) is 7.16. The van der Waals surface area contributed by atoms with Crippen LogP contribution in [0.5, 0.6) is 0 Å². The lowest BCUT2D eigenvalue weighted by Crippen LogP contribution is -2.35. The Kier molecular flexibility index (Phi) is 5.84. The van der Waals surface area contributed by atoms with Gasteiger partial charge < -0.3 is 5.32 Å². The molecule has 6 heteroatoms. The molecule has 128 valence electrons. The zero-order chi connectivity index (χ0) is 17.7. The number of rotatable bonds is 6. The van der Waals surface area contributed by atoms with Crippen molar-refractivity contribution in [2.24, 2.45) is 5.92 Å². The van der Waals surface area contributed by atoms with Crippen molar-refractivity contribution >= 4 is 5.91 Å². The standard InChI is InChI=1S/C18H24N4O2/c1-5-11-22-15(23)9-8-14(21-22)18(24)20-16(12(2)3)17-13(4)7-6-10-19-17/h6-10,12,16H,5,11H2,1-4H3,(H,20,24). The molecule has 2 rings (SSSR count). The van der Waals surface area contributed by atoms with E-state index in [9.17, 15) is 9.59 Å². The van der Waals surface area contributed by atoms with E-state index in [1.807, 2.05) is 39.8 Å². The van der Waals surface area contributed by atoms with Crippen molar-refractivity contribution in [2.45, 2.75) is 46.7 Å². The normalized spacial score (nSPS) is 12.2. The molecule has 6 nitrogen and oxygen atoms in total. The summed E-state index contributed by atoms with van der Waals surface area (Å²) in [5.74, 6) is -0.132. The SMILES string of the molecule is CCCn1nc(C(=O)NC(c2ncccc2C)C(C)C)ccc1=O. The van der Waals surface area contributed by atoms with Crippen LogP contribution in [-0.2, 0) is 6.54 Å². The molecular formula is C18H24N4O2. The summed E-state index contributed by atoms with van der Waals surface area (Å²) in [7, 11) is 0. The van der Waals surface area contributed by atoms with Gasteiger partial charge in [-0.05, 0) is 37.0 Å². The molecule has 0 saturated heterocycles. The van der Waals surface area contributed by atoms with E-state index in [1.165, 1.54) is 16.8 Å². The smallest absolute Gasteiger partial charge is 0.272 e. The van der Waals surface area contributed by atoms with Gasteiger partial charge >= 0.3 is 0 Å². The molecule has 0 bridgehead atoms. The van der Waals surface area contributed by atoms with Crippen LogP contribution in [0.4, 0.5) is 0 Å². The number of nitrogens with zero attached hydrogens (tertiary/aromatic N) is 3. The van der Waals surface area contributed by atoms with Crippen molar-refractivity contribution in [3.63, 3.8) is 0 Å². The topological polar surface area (TPSA) is 76.9 Å². The summed E-state index contributed by atoms with van der Waals surface area (Å²) in [5.41, 5.74) is 1.92. The Bertz CT molecular complexity index is 768. The minimum atomic E-state index is -0.302. The van der Waals surface area contributed by atoms with Crippen LogP contribution in [0, 0.1) is 12.8 Å². The third kappa shape index (κ3) is 4.07. The fourth-order valence-corrected chi connectivity index (χ4v) is 2.53. The molecule has 1 N–H and O–H groups in total. The fourth-order valence-electron chi connectivity index (χ4n) is 2.53. The number of aryl methyl sites for hydroxylation is 2. The van der Waals surface area contributed by atoms with Gasteiger partial charge in [0.15, 0.2) is 0 Å². The molecule has 0 aliphatic carbocycles. The highest BCUT2D eigenvalue weighted by Crippen LogP contribution is 2.22. The van der Waals surface area contributed by atoms with Crippen molar-refractivity contribution in [3.8, 4) is 0 Å². The summed E-state index contributed by atoms with van der Waals surface area (Å²) in [4.78, 5) is 28.8. The molecule has 2 heterocycles. The van der Waals surface area contributed by atoms with E-state index in [0.29, 0.717) is 6.54 Å². The van der Waals surface area contributed by atoms with Crippen molar-refractivity contribution < 1.29 is 4.79 Å². The zero-order valence-corrected chi connectivity index (χ0v) is 14.6. The Morgan fingerprint density at radius 1 is 1.29 bits per heavy atom. The molecule has 1 unspecified atom stereocenters. The average Bonchev–Trinajstić information content (AvgIpc) is 2.55. The summed E-state index contributed by atoms with van der Waals surface area (Å²) < 4.78 is 1.32. The Morgan fingerprint density at radius 3 is 2.67 bits per heavy atom. The number of aromatic nitrogens is 3. The maximum Gasteiger partial charge on any atom is 0.272 e. The molecule has 2 aromatic rings. The summed E-state index contributed by atoms with van der Waals surface area (Å²) in [6.07, 6.45) is 2.50. The van der Waals surface area contributed by atoms with Crippen molar-refractivity contribution in [2.75, 3.05) is 0 Å².